The predicted octanol–water partition coefficient (Wildman–Crippen LogP) is 1.89. The number of nitrogens with one attached hydrogen (secondary N) is 1. The maximum atomic E-state index is 6.17. The van der Waals surface area contributed by atoms with E-state index in [2.05, 4.69) is 31.1 Å². The van der Waals surface area contributed by atoms with Gasteiger partial charge in [0.15, 0.2) is 0 Å². The van der Waals surface area contributed by atoms with Crippen molar-refractivity contribution in [3.05, 3.63) is 0 Å². The van der Waals surface area contributed by atoms with Crippen molar-refractivity contribution in [3.63, 3.8) is 0 Å². The third kappa shape index (κ3) is 5.32. The van der Waals surface area contributed by atoms with Crippen LogP contribution in [0.3, 0.4) is 0 Å². The van der Waals surface area contributed by atoms with Crippen LogP contribution in [-0.2, 0) is 9.47 Å². The van der Waals surface area contributed by atoms with E-state index in [1.54, 1.807) is 0 Å². The molecule has 20 heavy (non-hydrogen) atoms. The van der Waals surface area contributed by atoms with E-state index in [4.69, 9.17) is 9.47 Å². The van der Waals surface area contributed by atoms with Gasteiger partial charge in [0.2, 0.25) is 0 Å². The van der Waals surface area contributed by atoms with Gasteiger partial charge in [-0.3, -0.25) is 0 Å². The Kier molecular flexibility index (Phi) is 6.75. The molecule has 2 saturated heterocycles. The van der Waals surface area contributed by atoms with Crippen molar-refractivity contribution in [2.45, 2.75) is 57.8 Å². The van der Waals surface area contributed by atoms with Gasteiger partial charge < -0.3 is 19.7 Å². The number of rotatable bonds is 7. The van der Waals surface area contributed by atoms with E-state index in [1.807, 2.05) is 0 Å². The molecule has 4 heteroatoms. The Hall–Kier alpha value is -0.160. The van der Waals surface area contributed by atoms with E-state index in [1.165, 1.54) is 25.7 Å². The van der Waals surface area contributed by atoms with Crippen LogP contribution >= 0.6 is 0 Å². The molecule has 4 nitrogen and oxygen atoms in total. The molecule has 0 aromatic carbocycles. The zero-order valence-electron chi connectivity index (χ0n) is 13.4. The monoisotopic (exact) mass is 284 g/mol. The molecule has 0 saturated carbocycles. The van der Waals surface area contributed by atoms with Gasteiger partial charge in [0.05, 0.1) is 12.2 Å². The molecule has 0 aromatic heterocycles. The van der Waals surface area contributed by atoms with Crippen LogP contribution < -0.4 is 5.32 Å². The zero-order chi connectivity index (χ0) is 14.4. The normalized spacial score (nSPS) is 28.6. The Morgan fingerprint density at radius 2 is 1.80 bits per heavy atom. The molecule has 118 valence electrons. The summed E-state index contributed by atoms with van der Waals surface area (Å²) in [7, 11) is 2.24. The van der Waals surface area contributed by atoms with Crippen molar-refractivity contribution < 1.29 is 9.47 Å². The Bertz CT molecular complexity index is 267. The van der Waals surface area contributed by atoms with Crippen molar-refractivity contribution in [2.75, 3.05) is 39.9 Å². The molecule has 2 aliphatic heterocycles. The van der Waals surface area contributed by atoms with E-state index >= 15 is 0 Å². The first-order chi connectivity index (χ1) is 9.65. The predicted molar refractivity (Wildman–Crippen MR) is 82.1 cm³/mol. The first-order valence-corrected chi connectivity index (χ1v) is 8.29. The quantitative estimate of drug-likeness (QED) is 0.774. The van der Waals surface area contributed by atoms with Crippen LogP contribution in [0.25, 0.3) is 0 Å². The van der Waals surface area contributed by atoms with Crippen molar-refractivity contribution >= 4 is 0 Å². The van der Waals surface area contributed by atoms with Crippen LogP contribution in [-0.4, -0.2) is 63.0 Å². The van der Waals surface area contributed by atoms with E-state index in [9.17, 15) is 0 Å². The molecule has 2 aliphatic rings. The van der Waals surface area contributed by atoms with Gasteiger partial charge in [-0.15, -0.1) is 0 Å². The summed E-state index contributed by atoms with van der Waals surface area (Å²) in [5.41, 5.74) is 0. The summed E-state index contributed by atoms with van der Waals surface area (Å²) < 4.78 is 11.6. The van der Waals surface area contributed by atoms with Crippen LogP contribution in [0.2, 0.25) is 0 Å². The molecule has 0 radical (unpaired) electrons. The first-order valence-electron chi connectivity index (χ1n) is 8.29. The third-order valence-electron chi connectivity index (χ3n) is 4.43. The summed E-state index contributed by atoms with van der Waals surface area (Å²) >= 11 is 0. The molecule has 2 unspecified atom stereocenters. The first kappa shape index (κ1) is 16.2. The molecule has 1 N–H and O–H groups in total. The molecule has 2 atom stereocenters. The van der Waals surface area contributed by atoms with Crippen molar-refractivity contribution in [3.8, 4) is 0 Å². The summed E-state index contributed by atoms with van der Waals surface area (Å²) in [6.45, 7) is 9.50. The van der Waals surface area contributed by atoms with Gasteiger partial charge in [-0.25, -0.2) is 0 Å². The summed E-state index contributed by atoms with van der Waals surface area (Å²) in [6.07, 6.45) is 5.60. The highest BCUT2D eigenvalue weighted by atomic mass is 16.5. The molecule has 0 aliphatic carbocycles. The minimum absolute atomic E-state index is 0.418. The second-order valence-corrected chi connectivity index (χ2v) is 6.79. The van der Waals surface area contributed by atoms with Gasteiger partial charge in [0, 0.05) is 32.3 Å². The largest absolute Gasteiger partial charge is 0.381 e. The van der Waals surface area contributed by atoms with E-state index in [-0.39, 0.29) is 0 Å². The minimum atomic E-state index is 0.418. The fraction of sp³-hybridized carbons (Fsp3) is 1.00. The van der Waals surface area contributed by atoms with Crippen molar-refractivity contribution in [2.24, 2.45) is 5.92 Å². The summed E-state index contributed by atoms with van der Waals surface area (Å²) in [5.74, 6) is 0.715. The lowest BCUT2D eigenvalue weighted by molar-refractivity contribution is -0.00139. The molecular formula is C16H32N2O2. The minimum Gasteiger partial charge on any atom is -0.381 e. The Balaban J connectivity index is 1.62. The van der Waals surface area contributed by atoms with Gasteiger partial charge in [0.1, 0.15) is 0 Å². The van der Waals surface area contributed by atoms with Crippen LogP contribution in [0.15, 0.2) is 0 Å². The molecule has 0 spiro atoms. The smallest absolute Gasteiger partial charge is 0.0707 e. The van der Waals surface area contributed by atoms with Crippen LogP contribution in [0, 0.1) is 5.92 Å². The van der Waals surface area contributed by atoms with Gasteiger partial charge in [-0.1, -0.05) is 13.8 Å². The van der Waals surface area contributed by atoms with E-state index < -0.39 is 0 Å². The van der Waals surface area contributed by atoms with Crippen molar-refractivity contribution in [1.29, 1.82) is 0 Å². The van der Waals surface area contributed by atoms with Crippen LogP contribution in [0.4, 0.5) is 0 Å². The average molecular weight is 284 g/mol. The molecule has 0 bridgehead atoms. The molecule has 0 amide bonds. The maximum Gasteiger partial charge on any atom is 0.0707 e. The Morgan fingerprint density at radius 1 is 1.10 bits per heavy atom. The van der Waals surface area contributed by atoms with Gasteiger partial charge in [-0.05, 0) is 45.2 Å². The van der Waals surface area contributed by atoms with Gasteiger partial charge >= 0.3 is 0 Å². The van der Waals surface area contributed by atoms with E-state index in [0.29, 0.717) is 24.2 Å². The highest BCUT2D eigenvalue weighted by Gasteiger charge is 2.28. The summed E-state index contributed by atoms with van der Waals surface area (Å²) in [6, 6.07) is 0.686. The number of ether oxygens (including phenoxy) is 2. The molecular weight excluding hydrogens is 252 g/mol. The number of hydrogen-bond acceptors (Lipinski definition) is 4. The van der Waals surface area contributed by atoms with Crippen LogP contribution in [0.1, 0.15) is 39.5 Å². The molecule has 2 rings (SSSR count). The fourth-order valence-corrected chi connectivity index (χ4v) is 3.19. The lowest BCUT2D eigenvalue weighted by atomic mass is 10.1. The summed E-state index contributed by atoms with van der Waals surface area (Å²) in [5, 5.41) is 3.51. The average Bonchev–Trinajstić information content (AvgIpc) is 2.87. The highest BCUT2D eigenvalue weighted by molar-refractivity contribution is 4.80. The number of hydrogen-bond donors (Lipinski definition) is 1. The van der Waals surface area contributed by atoms with Crippen LogP contribution in [0.5, 0.6) is 0 Å². The van der Waals surface area contributed by atoms with Gasteiger partial charge in [-0.2, -0.15) is 0 Å². The lowest BCUT2D eigenvalue weighted by Gasteiger charge is -2.32. The van der Waals surface area contributed by atoms with E-state index in [0.717, 1.165) is 32.8 Å². The maximum absolute atomic E-state index is 6.17. The fourth-order valence-electron chi connectivity index (χ4n) is 3.19. The Labute approximate surface area is 124 Å². The highest BCUT2D eigenvalue weighted by Crippen LogP contribution is 2.22. The number of likely N-dealkylation sites (N-methyl/N-ethyl adjacent to an activating group) is 1. The standard InChI is InChI=1S/C16H32N2O2/c1-13(2)10-17-11-15-4-5-16(20-15)12-18(3)14-6-8-19-9-7-14/h13-17H,4-12H2,1-3H3. The molecule has 2 fully saturated rings. The molecule has 2 heterocycles. The second kappa shape index (κ2) is 8.32. The Morgan fingerprint density at radius 3 is 2.50 bits per heavy atom. The lowest BCUT2D eigenvalue weighted by Crippen LogP contribution is -2.41. The SMILES string of the molecule is CC(C)CNCC1CCC(CN(C)C2CCOCC2)O1. The van der Waals surface area contributed by atoms with Crippen molar-refractivity contribution in [1.82, 2.24) is 10.2 Å². The second-order valence-electron chi connectivity index (χ2n) is 6.79. The zero-order valence-corrected chi connectivity index (χ0v) is 13.4. The summed E-state index contributed by atoms with van der Waals surface area (Å²) in [4.78, 5) is 2.48. The third-order valence-corrected chi connectivity index (χ3v) is 4.43. The molecule has 0 aromatic rings. The topological polar surface area (TPSA) is 33.7 Å². The number of nitrogens with zero attached hydrogens (tertiary/aromatic N) is 1. The van der Waals surface area contributed by atoms with Gasteiger partial charge in [0.25, 0.3) is 0 Å².